The van der Waals surface area contributed by atoms with Crippen LogP contribution in [0.25, 0.3) is 0 Å². The van der Waals surface area contributed by atoms with Gasteiger partial charge in [-0.1, -0.05) is 37.6 Å². The molecule has 0 spiro atoms. The Morgan fingerprint density at radius 3 is 2.56 bits per heavy atom. The SMILES string of the molecule is CCCCN(CCCl)Cc1ccccc1C. The van der Waals surface area contributed by atoms with Crippen molar-refractivity contribution in [3.8, 4) is 0 Å². The van der Waals surface area contributed by atoms with Crippen molar-refractivity contribution in [2.75, 3.05) is 19.0 Å². The van der Waals surface area contributed by atoms with E-state index in [0.29, 0.717) is 0 Å². The molecule has 0 aliphatic rings. The van der Waals surface area contributed by atoms with E-state index in [0.717, 1.165) is 25.5 Å². The molecule has 0 aliphatic heterocycles. The highest BCUT2D eigenvalue weighted by atomic mass is 35.5. The van der Waals surface area contributed by atoms with E-state index in [-0.39, 0.29) is 0 Å². The Kier molecular flexibility index (Phi) is 6.51. The number of hydrogen-bond acceptors (Lipinski definition) is 1. The van der Waals surface area contributed by atoms with Gasteiger partial charge in [-0.05, 0) is 31.0 Å². The molecule has 0 aliphatic carbocycles. The molecule has 90 valence electrons. The molecule has 1 nitrogen and oxygen atoms in total. The zero-order valence-electron chi connectivity index (χ0n) is 10.4. The first kappa shape index (κ1) is 13.5. The van der Waals surface area contributed by atoms with Crippen molar-refractivity contribution in [3.63, 3.8) is 0 Å². The highest BCUT2D eigenvalue weighted by Gasteiger charge is 2.06. The van der Waals surface area contributed by atoms with Crippen LogP contribution in [-0.2, 0) is 6.54 Å². The lowest BCUT2D eigenvalue weighted by atomic mass is 10.1. The molecule has 1 aromatic carbocycles. The fourth-order valence-corrected chi connectivity index (χ4v) is 2.04. The summed E-state index contributed by atoms with van der Waals surface area (Å²) in [6.07, 6.45) is 2.50. The second-order valence-electron chi connectivity index (χ2n) is 4.25. The largest absolute Gasteiger partial charge is 0.298 e. The molecule has 0 saturated heterocycles. The Morgan fingerprint density at radius 2 is 1.94 bits per heavy atom. The monoisotopic (exact) mass is 239 g/mol. The van der Waals surface area contributed by atoms with Crippen molar-refractivity contribution >= 4 is 11.6 Å². The summed E-state index contributed by atoms with van der Waals surface area (Å²) in [5.41, 5.74) is 2.79. The van der Waals surface area contributed by atoms with Gasteiger partial charge in [0.25, 0.3) is 0 Å². The second kappa shape index (κ2) is 7.70. The summed E-state index contributed by atoms with van der Waals surface area (Å²) in [4.78, 5) is 2.44. The first-order chi connectivity index (χ1) is 7.77. The molecule has 0 atom stereocenters. The minimum atomic E-state index is 0.718. The van der Waals surface area contributed by atoms with Crippen molar-refractivity contribution in [2.24, 2.45) is 0 Å². The molecule has 0 heterocycles. The van der Waals surface area contributed by atoms with E-state index in [2.05, 4.69) is 43.0 Å². The molecule has 0 unspecified atom stereocenters. The van der Waals surface area contributed by atoms with Gasteiger partial charge in [0.1, 0.15) is 0 Å². The van der Waals surface area contributed by atoms with Crippen LogP contribution in [0.15, 0.2) is 24.3 Å². The third-order valence-corrected chi connectivity index (χ3v) is 3.05. The predicted octanol–water partition coefficient (Wildman–Crippen LogP) is 3.84. The van der Waals surface area contributed by atoms with Crippen molar-refractivity contribution in [1.82, 2.24) is 4.90 Å². The molecule has 0 radical (unpaired) electrons. The maximum Gasteiger partial charge on any atom is 0.0351 e. The molecule has 0 saturated carbocycles. The lowest BCUT2D eigenvalue weighted by Gasteiger charge is -2.22. The number of benzene rings is 1. The Morgan fingerprint density at radius 1 is 1.19 bits per heavy atom. The van der Waals surface area contributed by atoms with Gasteiger partial charge >= 0.3 is 0 Å². The van der Waals surface area contributed by atoms with Crippen LogP contribution >= 0.6 is 11.6 Å². The van der Waals surface area contributed by atoms with Crippen LogP contribution in [0, 0.1) is 6.92 Å². The fourth-order valence-electron chi connectivity index (χ4n) is 1.80. The Labute approximate surface area is 104 Å². The standard InChI is InChI=1S/C14H22ClN/c1-3-4-10-16(11-9-15)12-14-8-6-5-7-13(14)2/h5-8H,3-4,9-12H2,1-2H3. The zero-order valence-corrected chi connectivity index (χ0v) is 11.1. The second-order valence-corrected chi connectivity index (χ2v) is 4.62. The van der Waals surface area contributed by atoms with Crippen molar-refractivity contribution < 1.29 is 0 Å². The molecule has 2 heteroatoms. The molecule has 1 aromatic rings. The summed E-state index contributed by atoms with van der Waals surface area (Å²) in [7, 11) is 0. The number of aryl methyl sites for hydroxylation is 1. The lowest BCUT2D eigenvalue weighted by molar-refractivity contribution is 0.276. The topological polar surface area (TPSA) is 3.24 Å². The summed E-state index contributed by atoms with van der Waals surface area (Å²) < 4.78 is 0. The van der Waals surface area contributed by atoms with Gasteiger partial charge < -0.3 is 0 Å². The van der Waals surface area contributed by atoms with Crippen molar-refractivity contribution in [3.05, 3.63) is 35.4 Å². The molecule has 0 amide bonds. The molecule has 16 heavy (non-hydrogen) atoms. The van der Waals surface area contributed by atoms with E-state index in [9.17, 15) is 0 Å². The number of alkyl halides is 1. The van der Waals surface area contributed by atoms with Crippen LogP contribution in [0.1, 0.15) is 30.9 Å². The van der Waals surface area contributed by atoms with Gasteiger partial charge in [0.15, 0.2) is 0 Å². The van der Waals surface area contributed by atoms with Crippen molar-refractivity contribution in [1.29, 1.82) is 0 Å². The minimum absolute atomic E-state index is 0.718. The van der Waals surface area contributed by atoms with Crippen LogP contribution in [-0.4, -0.2) is 23.9 Å². The molecular formula is C14H22ClN. The summed E-state index contributed by atoms with van der Waals surface area (Å²) in [5, 5.41) is 0. The number of rotatable bonds is 7. The van der Waals surface area contributed by atoms with Crippen LogP contribution in [0.3, 0.4) is 0 Å². The van der Waals surface area contributed by atoms with Gasteiger partial charge in [0, 0.05) is 19.0 Å². The lowest BCUT2D eigenvalue weighted by Crippen LogP contribution is -2.26. The third kappa shape index (κ3) is 4.54. The smallest absolute Gasteiger partial charge is 0.0351 e. The fraction of sp³-hybridized carbons (Fsp3) is 0.571. The van der Waals surface area contributed by atoms with E-state index in [4.69, 9.17) is 11.6 Å². The van der Waals surface area contributed by atoms with Crippen LogP contribution in [0.2, 0.25) is 0 Å². The Bertz CT molecular complexity index is 299. The maximum atomic E-state index is 5.84. The average Bonchev–Trinajstić information content (AvgIpc) is 2.29. The summed E-state index contributed by atoms with van der Waals surface area (Å²) in [6.45, 7) is 7.56. The van der Waals surface area contributed by atoms with E-state index in [1.54, 1.807) is 0 Å². The van der Waals surface area contributed by atoms with Gasteiger partial charge in [-0.15, -0.1) is 11.6 Å². The van der Waals surface area contributed by atoms with Gasteiger partial charge in [-0.2, -0.15) is 0 Å². The van der Waals surface area contributed by atoms with E-state index in [1.807, 2.05) is 0 Å². The normalized spacial score (nSPS) is 11.0. The average molecular weight is 240 g/mol. The highest BCUT2D eigenvalue weighted by Crippen LogP contribution is 2.11. The van der Waals surface area contributed by atoms with Crippen LogP contribution in [0.4, 0.5) is 0 Å². The molecule has 0 N–H and O–H groups in total. The third-order valence-electron chi connectivity index (χ3n) is 2.88. The van der Waals surface area contributed by atoms with Gasteiger partial charge in [-0.3, -0.25) is 4.90 Å². The summed E-state index contributed by atoms with van der Waals surface area (Å²) >= 11 is 5.84. The van der Waals surface area contributed by atoms with E-state index < -0.39 is 0 Å². The molecule has 1 rings (SSSR count). The molecule has 0 aromatic heterocycles. The van der Waals surface area contributed by atoms with E-state index in [1.165, 1.54) is 24.0 Å². The summed E-state index contributed by atoms with van der Waals surface area (Å²) in [5.74, 6) is 0.718. The first-order valence-corrected chi connectivity index (χ1v) is 6.64. The number of hydrogen-bond donors (Lipinski definition) is 0. The minimum Gasteiger partial charge on any atom is -0.298 e. The number of halogens is 1. The number of nitrogens with zero attached hydrogens (tertiary/aromatic N) is 1. The summed E-state index contributed by atoms with van der Waals surface area (Å²) in [6, 6.07) is 8.59. The highest BCUT2D eigenvalue weighted by molar-refractivity contribution is 6.18. The number of unbranched alkanes of at least 4 members (excludes halogenated alkanes) is 1. The molecule has 0 fully saturated rings. The van der Waals surface area contributed by atoms with Gasteiger partial charge in [0.05, 0.1) is 0 Å². The maximum absolute atomic E-state index is 5.84. The zero-order chi connectivity index (χ0) is 11.8. The van der Waals surface area contributed by atoms with Gasteiger partial charge in [0.2, 0.25) is 0 Å². The van der Waals surface area contributed by atoms with Gasteiger partial charge in [-0.25, -0.2) is 0 Å². The van der Waals surface area contributed by atoms with Crippen LogP contribution < -0.4 is 0 Å². The van der Waals surface area contributed by atoms with E-state index >= 15 is 0 Å². The quantitative estimate of drug-likeness (QED) is 0.654. The predicted molar refractivity (Wildman–Crippen MR) is 72.1 cm³/mol. The molecule has 0 bridgehead atoms. The Balaban J connectivity index is 2.56. The van der Waals surface area contributed by atoms with Crippen LogP contribution in [0.5, 0.6) is 0 Å². The first-order valence-electron chi connectivity index (χ1n) is 6.10. The molecular weight excluding hydrogens is 218 g/mol. The Hall–Kier alpha value is -0.530. The van der Waals surface area contributed by atoms with Crippen molar-refractivity contribution in [2.45, 2.75) is 33.2 Å².